The summed E-state index contributed by atoms with van der Waals surface area (Å²) < 4.78 is 36.0. The van der Waals surface area contributed by atoms with Crippen molar-refractivity contribution in [1.29, 1.82) is 0 Å². The molecule has 64 heavy (non-hydrogen) atoms. The number of fused-ring (bicyclic) bond motifs is 1. The minimum Gasteiger partial charge on any atom is -0.455 e. The number of hydrogen-bond donors (Lipinski definition) is 4. The summed E-state index contributed by atoms with van der Waals surface area (Å²) in [5.41, 5.74) is 3.82. The summed E-state index contributed by atoms with van der Waals surface area (Å²) in [4.78, 5) is 37.7. The molecule has 5 aromatic rings. The van der Waals surface area contributed by atoms with E-state index >= 15 is 0 Å². The number of carbonyl (C=O) groups is 1. The highest BCUT2D eigenvalue weighted by Crippen LogP contribution is 2.54. The van der Waals surface area contributed by atoms with Gasteiger partial charge in [0, 0.05) is 61.1 Å². The van der Waals surface area contributed by atoms with Crippen LogP contribution in [0.4, 0.5) is 17.1 Å². The Morgan fingerprint density at radius 1 is 1.00 bits per heavy atom. The molecule has 338 valence electrons. The number of ether oxygens (including phenoxy) is 1. The van der Waals surface area contributed by atoms with Gasteiger partial charge in [0.1, 0.15) is 22.8 Å². The van der Waals surface area contributed by atoms with Crippen molar-refractivity contribution in [2.45, 2.75) is 113 Å². The van der Waals surface area contributed by atoms with Crippen LogP contribution in [0.15, 0.2) is 90.1 Å². The Balaban J connectivity index is 0.895. The maximum Gasteiger partial charge on any atom is 0.293 e. The highest BCUT2D eigenvalue weighted by molar-refractivity contribution is 7.90. The number of sulfonamides is 1. The quantitative estimate of drug-likeness (QED) is 0.0653. The fraction of sp³-hybridized carbons (Fsp3) is 0.469. The number of nitro benzene ring substituents is 1. The number of hydrogen-bond acceptors (Lipinski definition) is 11. The number of piperidine rings is 1. The topological polar surface area (TPSA) is 183 Å². The molecule has 1 atom stereocenters. The van der Waals surface area contributed by atoms with Crippen molar-refractivity contribution in [3.8, 4) is 11.5 Å². The summed E-state index contributed by atoms with van der Waals surface area (Å²) in [7, 11) is -4.56. The lowest BCUT2D eigenvalue weighted by molar-refractivity contribution is -0.384. The summed E-state index contributed by atoms with van der Waals surface area (Å²) >= 11 is 0. The van der Waals surface area contributed by atoms with Crippen LogP contribution in [-0.4, -0.2) is 77.0 Å². The Kier molecular flexibility index (Phi) is 11.9. The Morgan fingerprint density at radius 3 is 2.52 bits per heavy atom. The number of pyridine rings is 1. The van der Waals surface area contributed by atoms with E-state index in [4.69, 9.17) is 4.74 Å². The average Bonchev–Trinajstić information content (AvgIpc) is 3.95. The van der Waals surface area contributed by atoms with E-state index in [-0.39, 0.29) is 22.9 Å². The zero-order chi connectivity index (χ0) is 44.8. The first-order valence-electron chi connectivity index (χ1n) is 22.8. The van der Waals surface area contributed by atoms with Crippen LogP contribution >= 0.6 is 0 Å². The van der Waals surface area contributed by atoms with E-state index in [2.05, 4.69) is 67.9 Å². The zero-order valence-corrected chi connectivity index (χ0v) is 37.7. The summed E-state index contributed by atoms with van der Waals surface area (Å²) in [5.74, 6) is 0.285. The molecule has 1 spiro atoms. The molecule has 0 bridgehead atoms. The predicted molar refractivity (Wildman–Crippen MR) is 248 cm³/mol. The second-order valence-electron chi connectivity index (χ2n) is 19.3. The molecule has 15 heteroatoms. The molecule has 2 saturated heterocycles. The third kappa shape index (κ3) is 9.07. The summed E-state index contributed by atoms with van der Waals surface area (Å²) in [6.07, 6.45) is 13.1. The van der Waals surface area contributed by atoms with E-state index in [0.29, 0.717) is 54.2 Å². The number of aromatic nitrogens is 2. The number of nitrogens with zero attached hydrogens (tertiary/aromatic N) is 4. The van der Waals surface area contributed by atoms with Crippen LogP contribution in [0.3, 0.4) is 0 Å². The van der Waals surface area contributed by atoms with Crippen LogP contribution in [0, 0.1) is 21.4 Å². The van der Waals surface area contributed by atoms with Gasteiger partial charge in [0.15, 0.2) is 0 Å². The van der Waals surface area contributed by atoms with E-state index in [0.717, 1.165) is 62.5 Å². The summed E-state index contributed by atoms with van der Waals surface area (Å²) in [6, 6.07) is 22.4. The minimum absolute atomic E-state index is 0.0183. The molecule has 1 amide bonds. The molecule has 9 rings (SSSR count). The van der Waals surface area contributed by atoms with Crippen molar-refractivity contribution in [1.82, 2.24) is 19.6 Å². The molecule has 2 aromatic heterocycles. The lowest BCUT2D eigenvalue weighted by Crippen LogP contribution is -2.54. The van der Waals surface area contributed by atoms with Crippen molar-refractivity contribution in [2.24, 2.45) is 11.3 Å². The van der Waals surface area contributed by atoms with Crippen LogP contribution in [-0.2, 0) is 10.0 Å². The minimum atomic E-state index is -4.56. The predicted octanol–water partition coefficient (Wildman–Crippen LogP) is 9.44. The molecule has 2 aliphatic heterocycles. The van der Waals surface area contributed by atoms with Gasteiger partial charge in [-0.15, -0.1) is 0 Å². The first kappa shape index (κ1) is 43.7. The largest absolute Gasteiger partial charge is 0.455 e. The number of aromatic amines is 1. The molecule has 4 N–H and O–H groups in total. The Morgan fingerprint density at radius 2 is 1.77 bits per heavy atom. The van der Waals surface area contributed by atoms with Crippen LogP contribution in [0.2, 0.25) is 0 Å². The lowest BCUT2D eigenvalue weighted by atomic mass is 9.59. The van der Waals surface area contributed by atoms with Gasteiger partial charge in [0.05, 0.1) is 27.2 Å². The van der Waals surface area contributed by atoms with E-state index in [9.17, 15) is 28.4 Å². The normalized spacial score (nSPS) is 22.7. The highest BCUT2D eigenvalue weighted by atomic mass is 32.2. The maximum atomic E-state index is 14.0. The van der Waals surface area contributed by atoms with Crippen molar-refractivity contribution >= 4 is 44.0 Å². The van der Waals surface area contributed by atoms with Gasteiger partial charge in [-0.05, 0) is 142 Å². The molecule has 4 heterocycles. The lowest BCUT2D eigenvalue weighted by Gasteiger charge is -2.56. The highest BCUT2D eigenvalue weighted by Gasteiger charge is 2.50. The Hall–Kier alpha value is -5.51. The number of benzene rings is 3. The number of carbonyl (C=O) groups excluding carboxylic acids is 1. The van der Waals surface area contributed by atoms with Crippen LogP contribution in [0.25, 0.3) is 11.0 Å². The molecule has 0 unspecified atom stereocenters. The van der Waals surface area contributed by atoms with Crippen LogP contribution in [0.1, 0.15) is 118 Å². The first-order valence-corrected chi connectivity index (χ1v) is 24.3. The number of amides is 1. The zero-order valence-electron chi connectivity index (χ0n) is 36.9. The fourth-order valence-corrected chi connectivity index (χ4v) is 11.8. The number of rotatable bonds is 13. The van der Waals surface area contributed by atoms with Crippen LogP contribution < -0.4 is 19.7 Å². The van der Waals surface area contributed by atoms with Gasteiger partial charge in [-0.3, -0.25) is 19.8 Å². The monoisotopic (exact) mass is 889 g/mol. The maximum absolute atomic E-state index is 14.0. The number of nitro groups is 1. The molecular weight excluding hydrogens is 831 g/mol. The molecule has 2 saturated carbocycles. The van der Waals surface area contributed by atoms with Crippen molar-refractivity contribution in [3.05, 3.63) is 112 Å². The SMILES string of the molecule is CC(C)c1ccccc1[C@H]1CCCN1C1CC2(CCN(c3ccc(C(=O)NS(=O)(=O)c4ccc(NC[C@H]5CC[C@](C)(O)CC5)c([N+](=O)[O-])c4)c(Oc4cnc5[nH]ccc5c4)c3)CC2)C1. The van der Waals surface area contributed by atoms with Gasteiger partial charge >= 0.3 is 0 Å². The van der Waals surface area contributed by atoms with Gasteiger partial charge in [-0.25, -0.2) is 18.1 Å². The molecule has 2 aliphatic carbocycles. The third-order valence-electron chi connectivity index (χ3n) is 14.5. The molecule has 14 nitrogen and oxygen atoms in total. The van der Waals surface area contributed by atoms with E-state index in [1.807, 2.05) is 19.1 Å². The number of aliphatic hydroxyl groups is 1. The van der Waals surface area contributed by atoms with Crippen molar-refractivity contribution in [2.75, 3.05) is 36.4 Å². The molecule has 0 radical (unpaired) electrons. The Labute approximate surface area is 375 Å². The van der Waals surface area contributed by atoms with Gasteiger partial charge in [0.25, 0.3) is 21.6 Å². The third-order valence-corrected chi connectivity index (χ3v) is 15.9. The smallest absolute Gasteiger partial charge is 0.293 e. The van der Waals surface area contributed by atoms with E-state index in [1.165, 1.54) is 48.9 Å². The molecule has 4 aliphatic rings. The van der Waals surface area contributed by atoms with Crippen molar-refractivity contribution in [3.63, 3.8) is 0 Å². The number of nitrogens with one attached hydrogen (secondary N) is 3. The average molecular weight is 890 g/mol. The second-order valence-corrected chi connectivity index (χ2v) is 21.0. The number of H-pyrrole nitrogens is 1. The Bertz CT molecular complexity index is 2640. The van der Waals surface area contributed by atoms with E-state index < -0.39 is 37.0 Å². The summed E-state index contributed by atoms with van der Waals surface area (Å²) in [5, 5.41) is 26.4. The number of anilines is 2. The molecule has 4 fully saturated rings. The second kappa shape index (κ2) is 17.5. The summed E-state index contributed by atoms with van der Waals surface area (Å²) in [6.45, 7) is 9.66. The van der Waals surface area contributed by atoms with Gasteiger partial charge in [-0.2, -0.15) is 0 Å². The van der Waals surface area contributed by atoms with Gasteiger partial charge in [-0.1, -0.05) is 38.1 Å². The van der Waals surface area contributed by atoms with Gasteiger partial charge in [0.2, 0.25) is 0 Å². The molecular formula is C49H59N7O7S. The fourth-order valence-electron chi connectivity index (χ4n) is 10.8. The first-order chi connectivity index (χ1) is 30.7. The standard InChI is InChI=1S/C49H59N7O7S/c1-32(2)39-7-4-5-8-40(39)43-9-6-22-55(43)36-28-49(29-36)19-23-54(24-20-49)35-10-12-41(45(26-35)63-37-25-34-16-21-50-46(34)52-31-37)47(57)53-64(61,62)38-11-13-42(44(27-38)56(59)60)51-30-33-14-17-48(3,58)18-15-33/h4-5,7-8,10-13,16,21,25-27,31-33,36,43,51,58H,6,9,14-15,17-20,22-24,28-30H2,1-3H3,(H,50,52)(H,53,57)/t33-,43-,48-/m1/s1. The van der Waals surface area contributed by atoms with Crippen molar-refractivity contribution < 1.29 is 28.0 Å². The molecule has 3 aromatic carbocycles. The van der Waals surface area contributed by atoms with Crippen LogP contribution in [0.5, 0.6) is 11.5 Å². The van der Waals surface area contributed by atoms with E-state index in [1.54, 1.807) is 30.6 Å². The number of likely N-dealkylation sites (tertiary alicyclic amines) is 1. The van der Waals surface area contributed by atoms with Gasteiger partial charge < -0.3 is 25.0 Å².